The van der Waals surface area contributed by atoms with Crippen LogP contribution in [0, 0.1) is 5.82 Å². The summed E-state index contributed by atoms with van der Waals surface area (Å²) in [5.74, 6) is 0.270. The molecule has 134 valence electrons. The summed E-state index contributed by atoms with van der Waals surface area (Å²) in [7, 11) is 0. The minimum atomic E-state index is -0.356. The van der Waals surface area contributed by atoms with Crippen molar-refractivity contribution in [2.45, 2.75) is 19.5 Å². The molecule has 2 aromatic carbocycles. The minimum Gasteiger partial charge on any atom is -0.356 e. The SMILES string of the molecule is CC(NC(=S)Nc1ccn(Cc2ccc(F)cc2Cl)n1)c1ccccc1. The first-order valence-electron chi connectivity index (χ1n) is 8.11. The van der Waals surface area contributed by atoms with Crippen LogP contribution in [-0.4, -0.2) is 14.9 Å². The molecule has 7 heteroatoms. The molecule has 4 nitrogen and oxygen atoms in total. The lowest BCUT2D eigenvalue weighted by Gasteiger charge is -2.16. The molecule has 0 aliphatic carbocycles. The predicted molar refractivity (Wildman–Crippen MR) is 107 cm³/mol. The number of halogens is 2. The molecule has 0 bridgehead atoms. The van der Waals surface area contributed by atoms with Crippen LogP contribution in [0.1, 0.15) is 24.1 Å². The number of hydrogen-bond acceptors (Lipinski definition) is 2. The van der Waals surface area contributed by atoms with Crippen molar-refractivity contribution in [3.05, 3.63) is 82.8 Å². The Morgan fingerprint density at radius 2 is 2.00 bits per heavy atom. The van der Waals surface area contributed by atoms with Crippen molar-refractivity contribution in [3.63, 3.8) is 0 Å². The summed E-state index contributed by atoms with van der Waals surface area (Å²) in [6.07, 6.45) is 1.81. The lowest BCUT2D eigenvalue weighted by molar-refractivity contribution is 0.624. The molecule has 1 heterocycles. The molecule has 3 rings (SSSR count). The zero-order valence-corrected chi connectivity index (χ0v) is 15.7. The molecule has 3 aromatic rings. The molecular formula is C19H18ClFN4S. The fourth-order valence-electron chi connectivity index (χ4n) is 2.51. The maximum atomic E-state index is 13.1. The van der Waals surface area contributed by atoms with Crippen molar-refractivity contribution in [2.75, 3.05) is 5.32 Å². The first-order chi connectivity index (χ1) is 12.5. The Balaban J connectivity index is 1.58. The van der Waals surface area contributed by atoms with E-state index in [9.17, 15) is 4.39 Å². The van der Waals surface area contributed by atoms with E-state index in [4.69, 9.17) is 23.8 Å². The molecule has 0 saturated heterocycles. The Bertz CT molecular complexity index is 898. The molecule has 0 fully saturated rings. The zero-order chi connectivity index (χ0) is 18.5. The lowest BCUT2D eigenvalue weighted by atomic mass is 10.1. The van der Waals surface area contributed by atoms with Gasteiger partial charge in [-0.2, -0.15) is 5.10 Å². The van der Waals surface area contributed by atoms with E-state index in [0.717, 1.165) is 11.1 Å². The van der Waals surface area contributed by atoms with E-state index in [1.807, 2.05) is 49.5 Å². The molecule has 0 saturated carbocycles. The fraction of sp³-hybridized carbons (Fsp3) is 0.158. The van der Waals surface area contributed by atoms with Crippen LogP contribution in [0.4, 0.5) is 10.2 Å². The third kappa shape index (κ3) is 4.80. The van der Waals surface area contributed by atoms with Crippen molar-refractivity contribution >= 4 is 34.7 Å². The van der Waals surface area contributed by atoms with Crippen LogP contribution < -0.4 is 10.6 Å². The van der Waals surface area contributed by atoms with Gasteiger partial charge in [0.15, 0.2) is 10.9 Å². The van der Waals surface area contributed by atoms with Crippen LogP contribution >= 0.6 is 23.8 Å². The van der Waals surface area contributed by atoms with Gasteiger partial charge in [-0.1, -0.05) is 48.0 Å². The number of hydrogen-bond donors (Lipinski definition) is 2. The summed E-state index contributed by atoms with van der Waals surface area (Å²) < 4.78 is 14.8. The molecule has 0 amide bonds. The summed E-state index contributed by atoms with van der Waals surface area (Å²) in [6, 6.07) is 16.3. The average molecular weight is 389 g/mol. The number of rotatable bonds is 5. The largest absolute Gasteiger partial charge is 0.356 e. The Morgan fingerprint density at radius 3 is 2.73 bits per heavy atom. The monoisotopic (exact) mass is 388 g/mol. The van der Waals surface area contributed by atoms with Gasteiger partial charge in [0, 0.05) is 17.3 Å². The number of nitrogens with zero attached hydrogens (tertiary/aromatic N) is 2. The predicted octanol–water partition coefficient (Wildman–Crippen LogP) is 4.77. The molecule has 1 atom stereocenters. The molecular weight excluding hydrogens is 371 g/mol. The fourth-order valence-corrected chi connectivity index (χ4v) is 3.02. The number of benzene rings is 2. The van der Waals surface area contributed by atoms with E-state index in [1.165, 1.54) is 12.1 Å². The van der Waals surface area contributed by atoms with E-state index in [-0.39, 0.29) is 11.9 Å². The van der Waals surface area contributed by atoms with Crippen molar-refractivity contribution < 1.29 is 4.39 Å². The van der Waals surface area contributed by atoms with E-state index < -0.39 is 0 Å². The topological polar surface area (TPSA) is 41.9 Å². The number of thiocarbonyl (C=S) groups is 1. The van der Waals surface area contributed by atoms with Crippen LogP contribution in [0.15, 0.2) is 60.8 Å². The maximum absolute atomic E-state index is 13.1. The molecule has 0 aliphatic rings. The lowest BCUT2D eigenvalue weighted by Crippen LogP contribution is -2.31. The van der Waals surface area contributed by atoms with Crippen LogP contribution in [0.3, 0.4) is 0 Å². The number of nitrogens with one attached hydrogen (secondary N) is 2. The standard InChI is InChI=1S/C19H18ClFN4S/c1-13(14-5-3-2-4-6-14)22-19(26)23-18-9-10-25(24-18)12-15-7-8-16(21)11-17(15)20/h2-11,13H,12H2,1H3,(H2,22,23,24,26). The van der Waals surface area contributed by atoms with Crippen LogP contribution in [0.5, 0.6) is 0 Å². The van der Waals surface area contributed by atoms with Crippen molar-refractivity contribution in [3.8, 4) is 0 Å². The van der Waals surface area contributed by atoms with Gasteiger partial charge in [-0.25, -0.2) is 4.39 Å². The molecule has 26 heavy (non-hydrogen) atoms. The highest BCUT2D eigenvalue weighted by Gasteiger charge is 2.09. The van der Waals surface area contributed by atoms with E-state index in [1.54, 1.807) is 10.7 Å². The van der Waals surface area contributed by atoms with Gasteiger partial charge >= 0.3 is 0 Å². The summed E-state index contributed by atoms with van der Waals surface area (Å²) >= 11 is 11.4. The second kappa shape index (κ2) is 8.29. The van der Waals surface area contributed by atoms with E-state index >= 15 is 0 Å². The van der Waals surface area contributed by atoms with Crippen LogP contribution in [0.25, 0.3) is 0 Å². The Kier molecular flexibility index (Phi) is 5.85. The van der Waals surface area contributed by atoms with Gasteiger partial charge in [-0.05, 0) is 42.4 Å². The third-order valence-electron chi connectivity index (χ3n) is 3.88. The molecule has 1 aromatic heterocycles. The highest BCUT2D eigenvalue weighted by Crippen LogP contribution is 2.18. The third-order valence-corrected chi connectivity index (χ3v) is 4.45. The van der Waals surface area contributed by atoms with Gasteiger partial charge in [-0.15, -0.1) is 0 Å². The van der Waals surface area contributed by atoms with Crippen molar-refractivity contribution in [1.82, 2.24) is 15.1 Å². The van der Waals surface area contributed by atoms with Crippen molar-refractivity contribution in [2.24, 2.45) is 0 Å². The second-order valence-electron chi connectivity index (χ2n) is 5.87. The first kappa shape index (κ1) is 18.4. The molecule has 2 N–H and O–H groups in total. The van der Waals surface area contributed by atoms with Crippen LogP contribution in [0.2, 0.25) is 5.02 Å². The first-order valence-corrected chi connectivity index (χ1v) is 8.90. The molecule has 0 radical (unpaired) electrons. The second-order valence-corrected chi connectivity index (χ2v) is 6.68. The van der Waals surface area contributed by atoms with E-state index in [2.05, 4.69) is 15.7 Å². The Labute approximate surface area is 162 Å². The summed E-state index contributed by atoms with van der Waals surface area (Å²) in [4.78, 5) is 0. The van der Waals surface area contributed by atoms with Gasteiger partial charge in [0.2, 0.25) is 0 Å². The zero-order valence-electron chi connectivity index (χ0n) is 14.1. The summed E-state index contributed by atoms with van der Waals surface area (Å²) in [5.41, 5.74) is 1.94. The van der Waals surface area contributed by atoms with Gasteiger partial charge in [0.25, 0.3) is 0 Å². The van der Waals surface area contributed by atoms with E-state index in [0.29, 0.717) is 22.5 Å². The number of aromatic nitrogens is 2. The van der Waals surface area contributed by atoms with Crippen molar-refractivity contribution in [1.29, 1.82) is 0 Å². The van der Waals surface area contributed by atoms with Gasteiger partial charge in [0.05, 0.1) is 12.6 Å². The minimum absolute atomic E-state index is 0.0799. The highest BCUT2D eigenvalue weighted by atomic mass is 35.5. The summed E-state index contributed by atoms with van der Waals surface area (Å²) in [5, 5.41) is 11.6. The van der Waals surface area contributed by atoms with Crippen LogP contribution in [-0.2, 0) is 6.54 Å². The highest BCUT2D eigenvalue weighted by molar-refractivity contribution is 7.80. The number of anilines is 1. The Hall–Kier alpha value is -2.44. The smallest absolute Gasteiger partial charge is 0.172 e. The van der Waals surface area contributed by atoms with Gasteiger partial charge in [0.1, 0.15) is 5.82 Å². The summed E-state index contributed by atoms with van der Waals surface area (Å²) in [6.45, 7) is 2.49. The molecule has 0 aliphatic heterocycles. The maximum Gasteiger partial charge on any atom is 0.172 e. The quantitative estimate of drug-likeness (QED) is 0.618. The molecule has 0 spiro atoms. The average Bonchev–Trinajstić information content (AvgIpc) is 3.05. The molecule has 1 unspecified atom stereocenters. The Morgan fingerprint density at radius 1 is 1.23 bits per heavy atom. The van der Waals surface area contributed by atoms with Gasteiger partial charge < -0.3 is 10.6 Å². The van der Waals surface area contributed by atoms with Gasteiger partial charge in [-0.3, -0.25) is 4.68 Å². The normalized spacial score (nSPS) is 11.8.